The molecule has 21 heavy (non-hydrogen) atoms. The monoisotopic (exact) mass is 296 g/mol. The van der Waals surface area contributed by atoms with E-state index >= 15 is 0 Å². The van der Waals surface area contributed by atoms with Crippen LogP contribution in [0, 0.1) is 22.5 Å². The van der Waals surface area contributed by atoms with Crippen LogP contribution < -0.4 is 5.32 Å². The first-order valence-corrected chi connectivity index (χ1v) is 6.95. The van der Waals surface area contributed by atoms with Crippen molar-refractivity contribution in [1.29, 1.82) is 0 Å². The van der Waals surface area contributed by atoms with Gasteiger partial charge in [0.1, 0.15) is 0 Å². The molecule has 1 fully saturated rings. The number of hydrogen-bond donors (Lipinski definition) is 2. The van der Waals surface area contributed by atoms with Gasteiger partial charge in [-0.25, -0.2) is 0 Å². The maximum Gasteiger partial charge on any atom is 0.406 e. The molecule has 0 amide bonds. The highest BCUT2D eigenvalue weighted by atomic mass is 16.6. The fraction of sp³-hybridized carbons (Fsp3) is 0.692. The summed E-state index contributed by atoms with van der Waals surface area (Å²) in [6.07, 6.45) is 2.99. The second kappa shape index (κ2) is 5.34. The molecule has 0 spiro atoms. The number of hydrogen-bond acceptors (Lipinski definition) is 5. The van der Waals surface area contributed by atoms with Crippen LogP contribution in [-0.2, 0) is 11.8 Å². The molecule has 1 aliphatic carbocycles. The Morgan fingerprint density at radius 3 is 2.81 bits per heavy atom. The van der Waals surface area contributed by atoms with E-state index in [1.165, 1.54) is 0 Å². The van der Waals surface area contributed by atoms with E-state index in [-0.39, 0.29) is 17.7 Å². The second-order valence-corrected chi connectivity index (χ2v) is 5.81. The predicted octanol–water partition coefficient (Wildman–Crippen LogP) is 2.08. The lowest BCUT2D eigenvalue weighted by molar-refractivity contribution is -0.388. The number of aliphatic carboxylic acids is 1. The summed E-state index contributed by atoms with van der Waals surface area (Å²) in [7, 11) is 1.68. The van der Waals surface area contributed by atoms with Crippen molar-refractivity contribution in [2.24, 2.45) is 12.5 Å². The quantitative estimate of drug-likeness (QED) is 0.650. The van der Waals surface area contributed by atoms with Crippen LogP contribution in [0.2, 0.25) is 0 Å². The minimum Gasteiger partial charge on any atom is -0.481 e. The van der Waals surface area contributed by atoms with Crippen LogP contribution in [0.1, 0.15) is 38.4 Å². The third-order valence-electron chi connectivity index (χ3n) is 4.48. The van der Waals surface area contributed by atoms with Gasteiger partial charge in [-0.3, -0.25) is 9.36 Å². The fourth-order valence-electron chi connectivity index (χ4n) is 2.87. The lowest BCUT2D eigenvalue weighted by Gasteiger charge is -2.38. The first kappa shape index (κ1) is 15.3. The van der Waals surface area contributed by atoms with E-state index in [2.05, 4.69) is 10.3 Å². The van der Waals surface area contributed by atoms with Crippen molar-refractivity contribution in [1.82, 2.24) is 9.55 Å². The van der Waals surface area contributed by atoms with Crippen molar-refractivity contribution in [3.8, 4) is 0 Å². The summed E-state index contributed by atoms with van der Waals surface area (Å²) in [6.45, 7) is 3.37. The number of nitrogens with one attached hydrogen (secondary N) is 1. The van der Waals surface area contributed by atoms with E-state index in [9.17, 15) is 20.0 Å². The van der Waals surface area contributed by atoms with E-state index in [0.717, 1.165) is 12.8 Å². The molecule has 2 N–H and O–H groups in total. The summed E-state index contributed by atoms with van der Waals surface area (Å²) in [5, 5.41) is 23.7. The Kier molecular flexibility index (Phi) is 3.89. The number of carbonyl (C=O) groups is 1. The highest BCUT2D eigenvalue weighted by Gasteiger charge is 2.44. The maximum atomic E-state index is 11.6. The molecule has 0 saturated heterocycles. The van der Waals surface area contributed by atoms with E-state index in [1.807, 2.05) is 0 Å². The minimum atomic E-state index is -0.926. The van der Waals surface area contributed by atoms with Crippen molar-refractivity contribution in [3.63, 3.8) is 0 Å². The summed E-state index contributed by atoms with van der Waals surface area (Å²) in [6, 6.07) is -0.350. The zero-order chi connectivity index (χ0) is 15.8. The second-order valence-electron chi connectivity index (χ2n) is 5.81. The van der Waals surface area contributed by atoms with Gasteiger partial charge >= 0.3 is 11.8 Å². The molecule has 0 bridgehead atoms. The standard InChI is InChI=1S/C13H20N4O4/c1-8-14-11(17(20)21)10(16(8)3)15-9-6-4-5-7-13(9,2)12(18)19/h9,15H,4-7H2,1-3H3,(H,18,19). The summed E-state index contributed by atoms with van der Waals surface area (Å²) in [5.41, 5.74) is -0.926. The Morgan fingerprint density at radius 1 is 1.57 bits per heavy atom. The normalized spacial score (nSPS) is 25.6. The van der Waals surface area contributed by atoms with Crippen molar-refractivity contribution < 1.29 is 14.8 Å². The Labute approximate surface area is 122 Å². The van der Waals surface area contributed by atoms with Gasteiger partial charge in [-0.05, 0) is 29.7 Å². The first-order valence-electron chi connectivity index (χ1n) is 6.95. The molecule has 1 heterocycles. The lowest BCUT2D eigenvalue weighted by Crippen LogP contribution is -2.47. The van der Waals surface area contributed by atoms with Crippen LogP contribution in [0.4, 0.5) is 11.6 Å². The topological polar surface area (TPSA) is 110 Å². The lowest BCUT2D eigenvalue weighted by atomic mass is 9.71. The Morgan fingerprint density at radius 2 is 2.24 bits per heavy atom. The number of carboxylic acid groups (broad SMARTS) is 1. The summed E-state index contributed by atoms with van der Waals surface area (Å²) < 4.78 is 1.59. The molecule has 0 aliphatic heterocycles. The number of nitrogens with zero attached hydrogens (tertiary/aromatic N) is 3. The molecule has 116 valence electrons. The highest BCUT2D eigenvalue weighted by Crippen LogP contribution is 2.39. The molecule has 1 aromatic rings. The van der Waals surface area contributed by atoms with Crippen molar-refractivity contribution in [3.05, 3.63) is 15.9 Å². The van der Waals surface area contributed by atoms with Crippen LogP contribution in [0.15, 0.2) is 0 Å². The number of aromatic nitrogens is 2. The summed E-state index contributed by atoms with van der Waals surface area (Å²) in [4.78, 5) is 26.1. The van der Waals surface area contributed by atoms with Crippen molar-refractivity contribution >= 4 is 17.6 Å². The zero-order valence-corrected chi connectivity index (χ0v) is 12.4. The van der Waals surface area contributed by atoms with E-state index in [0.29, 0.717) is 18.7 Å². The molecule has 0 radical (unpaired) electrons. The maximum absolute atomic E-state index is 11.6. The average Bonchev–Trinajstić information content (AvgIpc) is 2.69. The number of rotatable bonds is 4. The Bertz CT molecular complexity index is 583. The van der Waals surface area contributed by atoms with Gasteiger partial charge in [0.15, 0.2) is 0 Å². The minimum absolute atomic E-state index is 0.256. The van der Waals surface area contributed by atoms with Crippen molar-refractivity contribution in [2.45, 2.75) is 45.6 Å². The Hall–Kier alpha value is -2.12. The van der Waals surface area contributed by atoms with Gasteiger partial charge in [-0.1, -0.05) is 12.8 Å². The van der Waals surface area contributed by atoms with Crippen molar-refractivity contribution in [2.75, 3.05) is 5.32 Å². The fourth-order valence-corrected chi connectivity index (χ4v) is 2.87. The SMILES string of the molecule is Cc1nc([N+](=O)[O-])c(NC2CCCCC2(C)C(=O)O)n1C. The van der Waals surface area contributed by atoms with Gasteiger partial charge < -0.3 is 20.5 Å². The molecule has 1 aliphatic rings. The molecule has 1 aromatic heterocycles. The number of nitro groups is 1. The van der Waals surface area contributed by atoms with Crippen LogP contribution in [0.25, 0.3) is 0 Å². The van der Waals surface area contributed by atoms with Crippen LogP contribution in [0.3, 0.4) is 0 Å². The van der Waals surface area contributed by atoms with Crippen LogP contribution in [0.5, 0.6) is 0 Å². The number of anilines is 1. The smallest absolute Gasteiger partial charge is 0.406 e. The van der Waals surface area contributed by atoms with Gasteiger partial charge in [0.05, 0.1) is 5.41 Å². The summed E-state index contributed by atoms with van der Waals surface area (Å²) >= 11 is 0. The third-order valence-corrected chi connectivity index (χ3v) is 4.48. The first-order chi connectivity index (χ1) is 9.77. The van der Waals surface area contributed by atoms with Gasteiger partial charge in [-0.15, -0.1) is 0 Å². The molecule has 2 rings (SSSR count). The van der Waals surface area contributed by atoms with E-state index in [4.69, 9.17) is 0 Å². The third kappa shape index (κ3) is 2.57. The zero-order valence-electron chi connectivity index (χ0n) is 12.4. The van der Waals surface area contributed by atoms with E-state index in [1.54, 1.807) is 25.5 Å². The molecular weight excluding hydrogens is 276 g/mol. The van der Waals surface area contributed by atoms with Gasteiger partial charge in [0.2, 0.25) is 11.6 Å². The largest absolute Gasteiger partial charge is 0.481 e. The number of aryl methyl sites for hydroxylation is 1. The van der Waals surface area contributed by atoms with Gasteiger partial charge in [0.25, 0.3) is 0 Å². The molecule has 2 atom stereocenters. The molecule has 8 heteroatoms. The molecular formula is C13H20N4O4. The van der Waals surface area contributed by atoms with Gasteiger partial charge in [0, 0.05) is 20.0 Å². The molecule has 1 saturated carbocycles. The van der Waals surface area contributed by atoms with Gasteiger partial charge in [-0.2, -0.15) is 0 Å². The van der Waals surface area contributed by atoms with E-state index < -0.39 is 16.3 Å². The Balaban J connectivity index is 2.36. The molecule has 0 aromatic carbocycles. The predicted molar refractivity (Wildman–Crippen MR) is 76.2 cm³/mol. The molecule has 2 unspecified atom stereocenters. The van der Waals surface area contributed by atoms with Crippen LogP contribution >= 0.6 is 0 Å². The molecule has 8 nitrogen and oxygen atoms in total. The van der Waals surface area contributed by atoms with Crippen LogP contribution in [-0.4, -0.2) is 31.6 Å². The number of imidazole rings is 1. The average molecular weight is 296 g/mol. The summed E-state index contributed by atoms with van der Waals surface area (Å²) in [5.74, 6) is -0.344. The number of carboxylic acids is 1. The highest BCUT2D eigenvalue weighted by molar-refractivity contribution is 5.76.